The number of rotatable bonds is 5. The summed E-state index contributed by atoms with van der Waals surface area (Å²) in [4.78, 5) is 0. The maximum Gasteiger partial charge on any atom is 0.119 e. The zero-order valence-corrected chi connectivity index (χ0v) is 12.3. The van der Waals surface area contributed by atoms with Gasteiger partial charge in [-0.3, -0.25) is 5.10 Å². The first-order chi connectivity index (χ1) is 10.3. The zero-order chi connectivity index (χ0) is 14.7. The van der Waals surface area contributed by atoms with E-state index in [4.69, 9.17) is 4.74 Å². The molecule has 0 aliphatic carbocycles. The molecule has 1 unspecified atom stereocenters. The molecule has 3 aromatic rings. The van der Waals surface area contributed by atoms with Gasteiger partial charge in [-0.15, -0.1) is 0 Å². The van der Waals surface area contributed by atoms with Crippen molar-refractivity contribution in [1.82, 2.24) is 15.5 Å². The van der Waals surface area contributed by atoms with Gasteiger partial charge in [0.15, 0.2) is 0 Å². The predicted molar refractivity (Wildman–Crippen MR) is 84.3 cm³/mol. The van der Waals surface area contributed by atoms with Gasteiger partial charge in [0, 0.05) is 24.5 Å². The Kier molecular flexibility index (Phi) is 3.88. The average Bonchev–Trinajstić information content (AvgIpc) is 3.05. The number of nitrogens with one attached hydrogen (secondary N) is 2. The third-order valence-electron chi connectivity index (χ3n) is 3.73. The highest BCUT2D eigenvalue weighted by Crippen LogP contribution is 2.24. The maximum atomic E-state index is 5.26. The SMILES string of the molecule is COc1ccc2cc(C(C)NCc3ccn[nH]3)ccc2c1. The first-order valence-electron chi connectivity index (χ1n) is 7.05. The lowest BCUT2D eigenvalue weighted by Crippen LogP contribution is -2.18. The first kappa shape index (κ1) is 13.6. The third-order valence-corrected chi connectivity index (χ3v) is 3.73. The molecule has 0 fully saturated rings. The van der Waals surface area contributed by atoms with Crippen molar-refractivity contribution < 1.29 is 4.74 Å². The second kappa shape index (κ2) is 5.97. The van der Waals surface area contributed by atoms with Crippen LogP contribution in [0.1, 0.15) is 24.2 Å². The van der Waals surface area contributed by atoms with Crippen LogP contribution in [0, 0.1) is 0 Å². The van der Waals surface area contributed by atoms with E-state index in [2.05, 4.69) is 52.8 Å². The van der Waals surface area contributed by atoms with E-state index in [0.29, 0.717) is 0 Å². The van der Waals surface area contributed by atoms with Gasteiger partial charge < -0.3 is 10.1 Å². The van der Waals surface area contributed by atoms with Crippen LogP contribution in [0.25, 0.3) is 10.8 Å². The molecule has 2 N–H and O–H groups in total. The molecular weight excluding hydrogens is 262 g/mol. The smallest absolute Gasteiger partial charge is 0.119 e. The van der Waals surface area contributed by atoms with Crippen molar-refractivity contribution in [3.05, 3.63) is 59.9 Å². The molecule has 4 nitrogen and oxygen atoms in total. The second-order valence-electron chi connectivity index (χ2n) is 5.16. The molecule has 0 spiro atoms. The van der Waals surface area contributed by atoms with E-state index in [1.54, 1.807) is 13.3 Å². The van der Waals surface area contributed by atoms with Gasteiger partial charge in [-0.1, -0.05) is 18.2 Å². The summed E-state index contributed by atoms with van der Waals surface area (Å²) in [7, 11) is 1.69. The summed E-state index contributed by atoms with van der Waals surface area (Å²) < 4.78 is 5.26. The molecule has 4 heteroatoms. The number of hydrogen-bond donors (Lipinski definition) is 2. The van der Waals surface area contributed by atoms with Gasteiger partial charge in [-0.2, -0.15) is 5.10 Å². The van der Waals surface area contributed by atoms with Crippen molar-refractivity contribution in [3.8, 4) is 5.75 Å². The Morgan fingerprint density at radius 3 is 2.71 bits per heavy atom. The highest BCUT2D eigenvalue weighted by atomic mass is 16.5. The highest BCUT2D eigenvalue weighted by molar-refractivity contribution is 5.84. The van der Waals surface area contributed by atoms with Gasteiger partial charge in [0.05, 0.1) is 7.11 Å². The van der Waals surface area contributed by atoms with Crippen molar-refractivity contribution in [3.63, 3.8) is 0 Å². The molecule has 3 rings (SSSR count). The molecule has 108 valence electrons. The summed E-state index contributed by atoms with van der Waals surface area (Å²) >= 11 is 0. The Morgan fingerprint density at radius 1 is 1.14 bits per heavy atom. The number of ether oxygens (including phenoxy) is 1. The molecule has 0 aliphatic rings. The maximum absolute atomic E-state index is 5.26. The number of aromatic nitrogens is 2. The van der Waals surface area contributed by atoms with Crippen LogP contribution in [0.2, 0.25) is 0 Å². The minimum atomic E-state index is 0.278. The van der Waals surface area contributed by atoms with Crippen molar-refractivity contribution in [2.45, 2.75) is 19.5 Å². The van der Waals surface area contributed by atoms with Gasteiger partial charge in [-0.25, -0.2) is 0 Å². The molecule has 0 radical (unpaired) electrons. The van der Waals surface area contributed by atoms with Crippen LogP contribution in [-0.2, 0) is 6.54 Å². The van der Waals surface area contributed by atoms with Crippen molar-refractivity contribution in [2.75, 3.05) is 7.11 Å². The normalized spacial score (nSPS) is 12.5. The molecule has 2 aromatic carbocycles. The molecule has 0 aliphatic heterocycles. The van der Waals surface area contributed by atoms with E-state index >= 15 is 0 Å². The van der Waals surface area contributed by atoms with E-state index in [1.807, 2.05) is 12.1 Å². The Hall–Kier alpha value is -2.33. The standard InChI is InChI=1S/C17H19N3O/c1-12(18-11-16-7-8-19-20-16)13-3-4-15-10-17(21-2)6-5-14(15)9-13/h3-10,12,18H,11H2,1-2H3,(H,19,20). The summed E-state index contributed by atoms with van der Waals surface area (Å²) in [6.45, 7) is 2.95. The van der Waals surface area contributed by atoms with Crippen LogP contribution in [0.15, 0.2) is 48.7 Å². The monoisotopic (exact) mass is 281 g/mol. The molecule has 0 bridgehead atoms. The van der Waals surface area contributed by atoms with Gasteiger partial charge in [-0.05, 0) is 47.5 Å². The molecule has 1 atom stereocenters. The zero-order valence-electron chi connectivity index (χ0n) is 12.3. The first-order valence-corrected chi connectivity index (χ1v) is 7.05. The van der Waals surface area contributed by atoms with E-state index in [0.717, 1.165) is 18.0 Å². The number of H-pyrrole nitrogens is 1. The van der Waals surface area contributed by atoms with E-state index < -0.39 is 0 Å². The van der Waals surface area contributed by atoms with Gasteiger partial charge in [0.25, 0.3) is 0 Å². The Bertz CT molecular complexity index is 722. The molecular formula is C17H19N3O. The van der Waals surface area contributed by atoms with Crippen molar-refractivity contribution in [1.29, 1.82) is 0 Å². The van der Waals surface area contributed by atoms with Crippen LogP contribution in [0.3, 0.4) is 0 Å². The molecule has 0 saturated carbocycles. The number of benzene rings is 2. The second-order valence-corrected chi connectivity index (χ2v) is 5.16. The fraction of sp³-hybridized carbons (Fsp3) is 0.235. The van der Waals surface area contributed by atoms with Crippen LogP contribution in [0.4, 0.5) is 0 Å². The van der Waals surface area contributed by atoms with Crippen LogP contribution in [0.5, 0.6) is 5.75 Å². The summed E-state index contributed by atoms with van der Waals surface area (Å²) in [6.07, 6.45) is 1.77. The van der Waals surface area contributed by atoms with Crippen LogP contribution in [-0.4, -0.2) is 17.3 Å². The largest absolute Gasteiger partial charge is 0.497 e. The minimum Gasteiger partial charge on any atom is -0.497 e. The molecule has 1 aromatic heterocycles. The number of aromatic amines is 1. The van der Waals surface area contributed by atoms with Crippen LogP contribution < -0.4 is 10.1 Å². The summed E-state index contributed by atoms with van der Waals surface area (Å²) in [5, 5.41) is 12.8. The van der Waals surface area contributed by atoms with Gasteiger partial charge in [0.2, 0.25) is 0 Å². The summed E-state index contributed by atoms with van der Waals surface area (Å²) in [5.74, 6) is 0.890. The average molecular weight is 281 g/mol. The summed E-state index contributed by atoms with van der Waals surface area (Å²) in [6, 6.07) is 14.9. The number of hydrogen-bond acceptors (Lipinski definition) is 3. The van der Waals surface area contributed by atoms with E-state index in [-0.39, 0.29) is 6.04 Å². The van der Waals surface area contributed by atoms with Gasteiger partial charge in [0.1, 0.15) is 5.75 Å². The Balaban J connectivity index is 1.76. The quantitative estimate of drug-likeness (QED) is 0.753. The van der Waals surface area contributed by atoms with Crippen molar-refractivity contribution in [2.24, 2.45) is 0 Å². The van der Waals surface area contributed by atoms with Crippen LogP contribution >= 0.6 is 0 Å². The number of nitrogens with zero attached hydrogens (tertiary/aromatic N) is 1. The molecule has 0 amide bonds. The fourth-order valence-electron chi connectivity index (χ4n) is 2.40. The minimum absolute atomic E-state index is 0.278. The fourth-order valence-corrected chi connectivity index (χ4v) is 2.40. The van der Waals surface area contributed by atoms with Gasteiger partial charge >= 0.3 is 0 Å². The van der Waals surface area contributed by atoms with E-state index in [9.17, 15) is 0 Å². The molecule has 1 heterocycles. The van der Waals surface area contributed by atoms with Crippen molar-refractivity contribution >= 4 is 10.8 Å². The number of methoxy groups -OCH3 is 1. The lowest BCUT2D eigenvalue weighted by atomic mass is 10.0. The number of fused-ring (bicyclic) bond motifs is 1. The topological polar surface area (TPSA) is 49.9 Å². The Labute approximate surface area is 124 Å². The molecule has 0 saturated heterocycles. The summed E-state index contributed by atoms with van der Waals surface area (Å²) in [5.41, 5.74) is 2.36. The highest BCUT2D eigenvalue weighted by Gasteiger charge is 2.06. The third kappa shape index (κ3) is 3.06. The Morgan fingerprint density at radius 2 is 1.95 bits per heavy atom. The lowest BCUT2D eigenvalue weighted by Gasteiger charge is -2.14. The van der Waals surface area contributed by atoms with E-state index in [1.165, 1.54) is 16.3 Å². The lowest BCUT2D eigenvalue weighted by molar-refractivity contribution is 0.415. The molecule has 21 heavy (non-hydrogen) atoms. The predicted octanol–water partition coefficient (Wildman–Crippen LogP) is 3.42.